The molecular weight excluding hydrogens is 261 g/mol. The molecule has 1 saturated heterocycles. The van der Waals surface area contributed by atoms with E-state index in [4.69, 9.17) is 4.74 Å². The third-order valence-electron chi connectivity index (χ3n) is 4.23. The predicted octanol–water partition coefficient (Wildman–Crippen LogP) is 2.51. The van der Waals surface area contributed by atoms with E-state index < -0.39 is 5.82 Å². The lowest BCUT2D eigenvalue weighted by Gasteiger charge is -2.19. The van der Waals surface area contributed by atoms with Crippen LogP contribution in [0.3, 0.4) is 0 Å². The summed E-state index contributed by atoms with van der Waals surface area (Å²) in [5.41, 5.74) is 0.299. The number of hydrogen-bond acceptors (Lipinski definition) is 3. The molecule has 0 N–H and O–H groups in total. The van der Waals surface area contributed by atoms with Gasteiger partial charge in [-0.25, -0.2) is 9.29 Å². The molecule has 1 heterocycles. The van der Waals surface area contributed by atoms with E-state index in [1.165, 1.54) is 19.2 Å². The number of halogens is 1. The zero-order chi connectivity index (χ0) is 14.3. The van der Waals surface area contributed by atoms with E-state index in [2.05, 4.69) is 0 Å². The van der Waals surface area contributed by atoms with Gasteiger partial charge in [-0.05, 0) is 25.0 Å². The average molecular weight is 277 g/mol. The van der Waals surface area contributed by atoms with Gasteiger partial charge in [-0.2, -0.15) is 0 Å². The molecule has 1 aliphatic heterocycles. The quantitative estimate of drug-likeness (QED) is 0.780. The van der Waals surface area contributed by atoms with Crippen LogP contribution in [0.4, 0.5) is 10.1 Å². The molecule has 0 spiro atoms. The van der Waals surface area contributed by atoms with Gasteiger partial charge in [0.25, 0.3) is 0 Å². The minimum absolute atomic E-state index is 0.102. The number of hydrogen-bond donors (Lipinski definition) is 0. The van der Waals surface area contributed by atoms with Crippen molar-refractivity contribution in [2.45, 2.75) is 25.7 Å². The molecule has 2 aliphatic rings. The van der Waals surface area contributed by atoms with Crippen LogP contribution in [-0.4, -0.2) is 18.9 Å². The van der Waals surface area contributed by atoms with Gasteiger partial charge in [-0.3, -0.25) is 9.59 Å². The Bertz CT molecular complexity index is 548. The number of amides is 2. The first-order valence-corrected chi connectivity index (χ1v) is 6.85. The maximum Gasteiger partial charge on any atom is 0.237 e. The minimum atomic E-state index is -0.569. The molecule has 2 atom stereocenters. The van der Waals surface area contributed by atoms with E-state index in [9.17, 15) is 14.0 Å². The number of methoxy groups -OCH3 is 1. The van der Waals surface area contributed by atoms with E-state index in [1.54, 1.807) is 6.07 Å². The Morgan fingerprint density at radius 1 is 1.15 bits per heavy atom. The van der Waals surface area contributed by atoms with Crippen LogP contribution in [-0.2, 0) is 9.59 Å². The second-order valence-electron chi connectivity index (χ2n) is 5.33. The zero-order valence-electron chi connectivity index (χ0n) is 11.3. The van der Waals surface area contributed by atoms with E-state index in [0.717, 1.165) is 30.6 Å². The number of carbonyl (C=O) groups is 2. The molecule has 1 aromatic carbocycles. The fraction of sp³-hybridized carbons (Fsp3) is 0.467. The molecule has 106 valence electrons. The van der Waals surface area contributed by atoms with Crippen molar-refractivity contribution < 1.29 is 18.7 Å². The van der Waals surface area contributed by atoms with Crippen molar-refractivity contribution in [3.8, 4) is 5.75 Å². The van der Waals surface area contributed by atoms with Gasteiger partial charge in [0, 0.05) is 6.07 Å². The average Bonchev–Trinajstić information content (AvgIpc) is 2.71. The van der Waals surface area contributed by atoms with Crippen molar-refractivity contribution in [2.24, 2.45) is 11.8 Å². The number of imide groups is 1. The summed E-state index contributed by atoms with van der Waals surface area (Å²) in [5.74, 6) is -1.29. The van der Waals surface area contributed by atoms with Crippen LogP contribution in [0.1, 0.15) is 25.7 Å². The second-order valence-corrected chi connectivity index (χ2v) is 5.33. The lowest BCUT2D eigenvalue weighted by atomic mass is 9.81. The number of nitrogens with zero attached hydrogens (tertiary/aromatic N) is 1. The topological polar surface area (TPSA) is 46.6 Å². The standard InChI is InChI=1S/C15H16FNO3/c1-20-13-7-6-9(8-12(13)16)17-14(18)10-4-2-3-5-11(10)15(17)19/h6-8,10-11H,2-5H2,1H3. The Morgan fingerprint density at radius 3 is 2.25 bits per heavy atom. The molecule has 0 radical (unpaired) electrons. The first kappa shape index (κ1) is 13.1. The molecule has 5 heteroatoms. The summed E-state index contributed by atoms with van der Waals surface area (Å²) >= 11 is 0. The minimum Gasteiger partial charge on any atom is -0.494 e. The van der Waals surface area contributed by atoms with Crippen LogP contribution in [0.25, 0.3) is 0 Å². The maximum absolute atomic E-state index is 13.8. The van der Waals surface area contributed by atoms with Crippen LogP contribution >= 0.6 is 0 Å². The summed E-state index contributed by atoms with van der Waals surface area (Å²) < 4.78 is 18.6. The van der Waals surface area contributed by atoms with Gasteiger partial charge in [-0.1, -0.05) is 12.8 Å². The Balaban J connectivity index is 1.95. The van der Waals surface area contributed by atoms with Crippen LogP contribution in [0, 0.1) is 17.7 Å². The van der Waals surface area contributed by atoms with Gasteiger partial charge >= 0.3 is 0 Å². The van der Waals surface area contributed by atoms with Crippen molar-refractivity contribution >= 4 is 17.5 Å². The number of ether oxygens (including phenoxy) is 1. The summed E-state index contributed by atoms with van der Waals surface area (Å²) in [7, 11) is 1.37. The largest absolute Gasteiger partial charge is 0.494 e. The molecule has 2 unspecified atom stereocenters. The molecule has 3 rings (SSSR count). The molecule has 20 heavy (non-hydrogen) atoms. The highest BCUT2D eigenvalue weighted by molar-refractivity contribution is 6.22. The van der Waals surface area contributed by atoms with E-state index in [1.807, 2.05) is 0 Å². The van der Waals surface area contributed by atoms with Crippen molar-refractivity contribution in [3.63, 3.8) is 0 Å². The SMILES string of the molecule is COc1ccc(N2C(=O)C3CCCCC3C2=O)cc1F. The molecule has 2 amide bonds. The summed E-state index contributed by atoms with van der Waals surface area (Å²) in [6, 6.07) is 4.17. The summed E-state index contributed by atoms with van der Waals surface area (Å²) in [4.78, 5) is 25.9. The number of carbonyl (C=O) groups excluding carboxylic acids is 2. The number of fused-ring (bicyclic) bond motifs is 1. The maximum atomic E-state index is 13.8. The molecule has 2 fully saturated rings. The number of benzene rings is 1. The highest BCUT2D eigenvalue weighted by Gasteiger charge is 2.48. The van der Waals surface area contributed by atoms with Gasteiger partial charge in [0.2, 0.25) is 11.8 Å². The van der Waals surface area contributed by atoms with Crippen molar-refractivity contribution in [3.05, 3.63) is 24.0 Å². The molecule has 1 aromatic rings. The van der Waals surface area contributed by atoms with Crippen LogP contribution in [0.5, 0.6) is 5.75 Å². The van der Waals surface area contributed by atoms with Crippen molar-refractivity contribution in [1.82, 2.24) is 0 Å². The van der Waals surface area contributed by atoms with Gasteiger partial charge in [-0.15, -0.1) is 0 Å². The third kappa shape index (κ3) is 1.88. The molecule has 1 saturated carbocycles. The fourth-order valence-electron chi connectivity index (χ4n) is 3.21. The summed E-state index contributed by atoms with van der Waals surface area (Å²) in [5, 5.41) is 0. The van der Waals surface area contributed by atoms with Crippen LogP contribution < -0.4 is 9.64 Å². The fourth-order valence-corrected chi connectivity index (χ4v) is 3.21. The monoisotopic (exact) mass is 277 g/mol. The number of rotatable bonds is 2. The lowest BCUT2D eigenvalue weighted by Crippen LogP contribution is -2.30. The van der Waals surface area contributed by atoms with Gasteiger partial charge in [0.05, 0.1) is 24.6 Å². The Hall–Kier alpha value is -1.91. The van der Waals surface area contributed by atoms with Crippen molar-refractivity contribution in [2.75, 3.05) is 12.0 Å². The molecule has 4 nitrogen and oxygen atoms in total. The lowest BCUT2D eigenvalue weighted by molar-refractivity contribution is -0.122. The smallest absolute Gasteiger partial charge is 0.237 e. The van der Waals surface area contributed by atoms with Gasteiger partial charge in [0.1, 0.15) is 0 Å². The Labute approximate surface area is 116 Å². The van der Waals surface area contributed by atoms with Crippen LogP contribution in [0.2, 0.25) is 0 Å². The number of anilines is 1. The zero-order valence-corrected chi connectivity index (χ0v) is 11.3. The normalized spacial score (nSPS) is 25.8. The second kappa shape index (κ2) is 4.89. The van der Waals surface area contributed by atoms with Crippen molar-refractivity contribution in [1.29, 1.82) is 0 Å². The summed E-state index contributed by atoms with van der Waals surface area (Å²) in [6.45, 7) is 0. The first-order chi connectivity index (χ1) is 9.63. The summed E-state index contributed by atoms with van der Waals surface area (Å²) in [6.07, 6.45) is 3.46. The van der Waals surface area contributed by atoms with Crippen LogP contribution in [0.15, 0.2) is 18.2 Å². The highest BCUT2D eigenvalue weighted by Crippen LogP contribution is 2.40. The molecule has 1 aliphatic carbocycles. The molecule has 0 bridgehead atoms. The van der Waals surface area contributed by atoms with Gasteiger partial charge in [0.15, 0.2) is 11.6 Å². The van der Waals surface area contributed by atoms with E-state index >= 15 is 0 Å². The Kier molecular flexibility index (Phi) is 3.20. The third-order valence-corrected chi connectivity index (χ3v) is 4.23. The van der Waals surface area contributed by atoms with Gasteiger partial charge < -0.3 is 4.74 Å². The molecular formula is C15H16FNO3. The predicted molar refractivity (Wildman–Crippen MR) is 70.9 cm³/mol. The first-order valence-electron chi connectivity index (χ1n) is 6.85. The van der Waals surface area contributed by atoms with E-state index in [0.29, 0.717) is 5.69 Å². The van der Waals surface area contributed by atoms with E-state index in [-0.39, 0.29) is 29.4 Å². The Morgan fingerprint density at radius 2 is 1.75 bits per heavy atom. The molecule has 0 aromatic heterocycles. The highest BCUT2D eigenvalue weighted by atomic mass is 19.1.